The van der Waals surface area contributed by atoms with Crippen molar-refractivity contribution in [2.24, 2.45) is 0 Å². The van der Waals surface area contributed by atoms with Gasteiger partial charge in [-0.15, -0.1) is 0 Å². The maximum Gasteiger partial charge on any atom is 0.0935 e. The molecule has 2 heteroatoms. The van der Waals surface area contributed by atoms with Crippen LogP contribution < -0.4 is 5.32 Å². The van der Waals surface area contributed by atoms with Crippen molar-refractivity contribution in [3.8, 4) is 0 Å². The van der Waals surface area contributed by atoms with Crippen LogP contribution in [-0.4, -0.2) is 12.6 Å². The van der Waals surface area contributed by atoms with E-state index in [4.69, 9.17) is 4.42 Å². The van der Waals surface area contributed by atoms with Crippen LogP contribution in [0.4, 0.5) is 0 Å². The molecule has 1 aliphatic rings. The van der Waals surface area contributed by atoms with E-state index in [0.29, 0.717) is 12.0 Å². The highest BCUT2D eigenvalue weighted by Crippen LogP contribution is 2.35. The van der Waals surface area contributed by atoms with E-state index in [9.17, 15) is 0 Å². The first-order chi connectivity index (χ1) is 10.4. The van der Waals surface area contributed by atoms with Crippen LogP contribution in [0.5, 0.6) is 0 Å². The van der Waals surface area contributed by atoms with Crippen molar-refractivity contribution in [1.82, 2.24) is 5.32 Å². The van der Waals surface area contributed by atoms with Crippen molar-refractivity contribution >= 4 is 0 Å². The normalized spacial score (nSPS) is 19.2. The van der Waals surface area contributed by atoms with Gasteiger partial charge in [-0.2, -0.15) is 0 Å². The van der Waals surface area contributed by atoms with Crippen LogP contribution in [0.25, 0.3) is 0 Å². The zero-order valence-electron chi connectivity index (χ0n) is 12.8. The largest absolute Gasteiger partial charge is 0.472 e. The van der Waals surface area contributed by atoms with Crippen molar-refractivity contribution in [2.75, 3.05) is 6.54 Å². The summed E-state index contributed by atoms with van der Waals surface area (Å²) in [6.07, 6.45) is 9.72. The Labute approximate surface area is 127 Å². The van der Waals surface area contributed by atoms with Gasteiger partial charge in [0.1, 0.15) is 0 Å². The molecular formula is C19H25NO. The van der Waals surface area contributed by atoms with Gasteiger partial charge in [0.15, 0.2) is 0 Å². The van der Waals surface area contributed by atoms with Crippen molar-refractivity contribution in [3.05, 3.63) is 59.5 Å². The molecular weight excluding hydrogens is 258 g/mol. The van der Waals surface area contributed by atoms with Gasteiger partial charge in [-0.1, -0.05) is 31.2 Å². The number of hydrogen-bond donors (Lipinski definition) is 1. The number of rotatable bonds is 6. The molecule has 2 nitrogen and oxygen atoms in total. The molecule has 0 aliphatic heterocycles. The third-order valence-corrected chi connectivity index (χ3v) is 4.59. The van der Waals surface area contributed by atoms with Gasteiger partial charge in [0.2, 0.25) is 0 Å². The van der Waals surface area contributed by atoms with Crippen LogP contribution in [0.3, 0.4) is 0 Å². The SMILES string of the molecule is CCCNC(Cc1ccoc1)C1CCCc2ccccc21. The third kappa shape index (κ3) is 3.38. The van der Waals surface area contributed by atoms with E-state index in [1.54, 1.807) is 17.4 Å². The average molecular weight is 283 g/mol. The Morgan fingerprint density at radius 3 is 3.00 bits per heavy atom. The highest BCUT2D eigenvalue weighted by atomic mass is 16.3. The summed E-state index contributed by atoms with van der Waals surface area (Å²) in [4.78, 5) is 0. The van der Waals surface area contributed by atoms with Crippen molar-refractivity contribution in [3.63, 3.8) is 0 Å². The number of nitrogens with one attached hydrogen (secondary N) is 1. The molecule has 0 spiro atoms. The molecule has 1 aliphatic carbocycles. The Morgan fingerprint density at radius 2 is 2.19 bits per heavy atom. The average Bonchev–Trinajstić information content (AvgIpc) is 3.04. The van der Waals surface area contributed by atoms with Crippen molar-refractivity contribution in [1.29, 1.82) is 0 Å². The molecule has 0 amide bonds. The predicted molar refractivity (Wildman–Crippen MR) is 86.6 cm³/mol. The summed E-state index contributed by atoms with van der Waals surface area (Å²) in [5.74, 6) is 0.622. The molecule has 2 unspecified atom stereocenters. The lowest BCUT2D eigenvalue weighted by Crippen LogP contribution is -2.38. The molecule has 1 aromatic heterocycles. The molecule has 21 heavy (non-hydrogen) atoms. The zero-order chi connectivity index (χ0) is 14.5. The molecule has 0 saturated carbocycles. The first kappa shape index (κ1) is 14.4. The molecule has 2 aromatic rings. The lowest BCUT2D eigenvalue weighted by molar-refractivity contribution is 0.388. The second kappa shape index (κ2) is 6.95. The lowest BCUT2D eigenvalue weighted by atomic mass is 9.77. The summed E-state index contributed by atoms with van der Waals surface area (Å²) in [5, 5.41) is 3.78. The highest BCUT2D eigenvalue weighted by molar-refractivity contribution is 5.34. The molecule has 0 saturated heterocycles. The van der Waals surface area contributed by atoms with Crippen LogP contribution in [0.2, 0.25) is 0 Å². The molecule has 3 rings (SSSR count). The predicted octanol–water partition coefficient (Wildman–Crippen LogP) is 4.31. The van der Waals surface area contributed by atoms with Crippen LogP contribution in [0, 0.1) is 0 Å². The quantitative estimate of drug-likeness (QED) is 0.854. The summed E-state index contributed by atoms with van der Waals surface area (Å²) < 4.78 is 5.25. The van der Waals surface area contributed by atoms with E-state index in [1.165, 1.54) is 31.2 Å². The molecule has 0 fully saturated rings. The smallest absolute Gasteiger partial charge is 0.0935 e. The first-order valence-corrected chi connectivity index (χ1v) is 8.20. The van der Waals surface area contributed by atoms with E-state index in [2.05, 4.69) is 42.6 Å². The zero-order valence-corrected chi connectivity index (χ0v) is 12.8. The summed E-state index contributed by atoms with van der Waals surface area (Å²) >= 11 is 0. The number of benzene rings is 1. The molecule has 1 aromatic carbocycles. The summed E-state index contributed by atoms with van der Waals surface area (Å²) in [5.41, 5.74) is 4.40. The van der Waals surface area contributed by atoms with Gasteiger partial charge in [0, 0.05) is 6.04 Å². The fourth-order valence-electron chi connectivity index (χ4n) is 3.56. The maximum atomic E-state index is 5.25. The van der Waals surface area contributed by atoms with Crippen LogP contribution in [0.15, 0.2) is 47.3 Å². The van der Waals surface area contributed by atoms with E-state index < -0.39 is 0 Å². The minimum atomic E-state index is 0.504. The Morgan fingerprint density at radius 1 is 1.29 bits per heavy atom. The highest BCUT2D eigenvalue weighted by Gasteiger charge is 2.27. The van der Waals surface area contributed by atoms with Crippen LogP contribution in [-0.2, 0) is 12.8 Å². The Balaban J connectivity index is 1.82. The topological polar surface area (TPSA) is 25.2 Å². The first-order valence-electron chi connectivity index (χ1n) is 8.20. The van der Waals surface area contributed by atoms with Gasteiger partial charge in [-0.25, -0.2) is 0 Å². The van der Waals surface area contributed by atoms with Crippen LogP contribution >= 0.6 is 0 Å². The summed E-state index contributed by atoms with van der Waals surface area (Å²) in [6, 6.07) is 11.6. The minimum absolute atomic E-state index is 0.504. The van der Waals surface area contributed by atoms with Gasteiger partial charge in [-0.05, 0) is 67.3 Å². The Bertz CT molecular complexity index is 546. The number of furan rings is 1. The second-order valence-corrected chi connectivity index (χ2v) is 6.09. The second-order valence-electron chi connectivity index (χ2n) is 6.09. The van der Waals surface area contributed by atoms with E-state index in [1.807, 2.05) is 6.26 Å². The molecule has 0 radical (unpaired) electrons. The molecule has 112 valence electrons. The Hall–Kier alpha value is -1.54. The molecule has 1 heterocycles. The fraction of sp³-hybridized carbons (Fsp3) is 0.474. The van der Waals surface area contributed by atoms with E-state index in [0.717, 1.165) is 13.0 Å². The van der Waals surface area contributed by atoms with Crippen molar-refractivity contribution in [2.45, 2.75) is 51.0 Å². The molecule has 0 bridgehead atoms. The molecule has 2 atom stereocenters. The lowest BCUT2D eigenvalue weighted by Gasteiger charge is -2.33. The van der Waals surface area contributed by atoms with Gasteiger partial charge in [0.25, 0.3) is 0 Å². The van der Waals surface area contributed by atoms with Gasteiger partial charge >= 0.3 is 0 Å². The number of fused-ring (bicyclic) bond motifs is 1. The number of hydrogen-bond acceptors (Lipinski definition) is 2. The third-order valence-electron chi connectivity index (χ3n) is 4.59. The van der Waals surface area contributed by atoms with E-state index in [-0.39, 0.29) is 0 Å². The van der Waals surface area contributed by atoms with Crippen molar-refractivity contribution < 1.29 is 4.42 Å². The van der Waals surface area contributed by atoms with Gasteiger partial charge in [-0.3, -0.25) is 0 Å². The van der Waals surface area contributed by atoms with Gasteiger partial charge in [0.05, 0.1) is 12.5 Å². The van der Waals surface area contributed by atoms with Crippen LogP contribution in [0.1, 0.15) is 48.8 Å². The standard InChI is InChI=1S/C19H25NO/c1-2-11-20-19(13-15-10-12-21-14-15)18-9-5-7-16-6-3-4-8-17(16)18/h3-4,6,8,10,12,14,18-20H,2,5,7,9,11,13H2,1H3. The summed E-state index contributed by atoms with van der Waals surface area (Å²) in [7, 11) is 0. The molecule has 1 N–H and O–H groups in total. The fourth-order valence-corrected chi connectivity index (χ4v) is 3.56. The number of aryl methyl sites for hydroxylation is 1. The monoisotopic (exact) mass is 283 g/mol. The minimum Gasteiger partial charge on any atom is -0.472 e. The Kier molecular flexibility index (Phi) is 4.76. The summed E-state index contributed by atoms with van der Waals surface area (Å²) in [6.45, 7) is 3.32. The van der Waals surface area contributed by atoms with E-state index >= 15 is 0 Å². The maximum absolute atomic E-state index is 5.25. The van der Waals surface area contributed by atoms with Gasteiger partial charge < -0.3 is 9.73 Å².